The summed E-state index contributed by atoms with van der Waals surface area (Å²) in [5.41, 5.74) is 0.275. The Morgan fingerprint density at radius 1 is 1.29 bits per heavy atom. The van der Waals surface area contributed by atoms with Crippen LogP contribution in [0.3, 0.4) is 0 Å². The predicted octanol–water partition coefficient (Wildman–Crippen LogP) is 3.83. The zero-order valence-corrected chi connectivity index (χ0v) is 12.2. The molecule has 1 N–H and O–H groups in total. The Morgan fingerprint density at radius 2 is 1.90 bits per heavy atom. The molecule has 0 unspecified atom stereocenters. The van der Waals surface area contributed by atoms with E-state index >= 15 is 0 Å². The van der Waals surface area contributed by atoms with E-state index < -0.39 is 18.3 Å². The topological polar surface area (TPSA) is 47.6 Å². The van der Waals surface area contributed by atoms with Gasteiger partial charge in [-0.1, -0.05) is 24.3 Å². The second kappa shape index (κ2) is 7.61. The molecule has 0 aliphatic rings. The first-order chi connectivity index (χ1) is 9.76. The van der Waals surface area contributed by atoms with Gasteiger partial charge < -0.3 is 14.8 Å². The minimum Gasteiger partial charge on any atom is -0.444 e. The van der Waals surface area contributed by atoms with E-state index in [1.165, 1.54) is 12.1 Å². The maximum Gasteiger partial charge on any atom is 0.407 e. The van der Waals surface area contributed by atoms with Crippen molar-refractivity contribution >= 4 is 12.2 Å². The van der Waals surface area contributed by atoms with Crippen molar-refractivity contribution in [3.63, 3.8) is 0 Å². The van der Waals surface area contributed by atoms with Gasteiger partial charge in [-0.3, -0.25) is 0 Å². The van der Waals surface area contributed by atoms with Crippen LogP contribution in [-0.2, 0) is 4.74 Å². The molecular weight excluding hydrogens is 280 g/mol. The SMILES string of the molecule is CC(C)(C)OC(=O)NCC=Cc1ccc(OC(F)F)cc1. The molecule has 1 aromatic rings. The van der Waals surface area contributed by atoms with Crippen LogP contribution in [-0.4, -0.2) is 24.9 Å². The molecule has 0 heterocycles. The van der Waals surface area contributed by atoms with Crippen molar-refractivity contribution in [1.82, 2.24) is 5.32 Å². The van der Waals surface area contributed by atoms with E-state index in [-0.39, 0.29) is 5.75 Å². The number of halogens is 2. The summed E-state index contributed by atoms with van der Waals surface area (Å²) < 4.78 is 33.3. The summed E-state index contributed by atoms with van der Waals surface area (Å²) in [7, 11) is 0. The number of ether oxygens (including phenoxy) is 2. The van der Waals surface area contributed by atoms with Gasteiger partial charge in [0.15, 0.2) is 0 Å². The minimum absolute atomic E-state index is 0.106. The maximum atomic E-state index is 12.0. The average molecular weight is 299 g/mol. The fraction of sp³-hybridized carbons (Fsp3) is 0.400. The van der Waals surface area contributed by atoms with Gasteiger partial charge in [-0.15, -0.1) is 0 Å². The van der Waals surface area contributed by atoms with Crippen molar-refractivity contribution in [2.75, 3.05) is 6.54 Å². The van der Waals surface area contributed by atoms with Crippen LogP contribution in [0.5, 0.6) is 5.75 Å². The first-order valence-electron chi connectivity index (χ1n) is 6.44. The minimum atomic E-state index is -2.83. The summed E-state index contributed by atoms with van der Waals surface area (Å²) in [5.74, 6) is 0.106. The van der Waals surface area contributed by atoms with Gasteiger partial charge in [-0.25, -0.2) is 4.79 Å². The molecule has 0 fully saturated rings. The largest absolute Gasteiger partial charge is 0.444 e. The van der Waals surface area contributed by atoms with Crippen LogP contribution < -0.4 is 10.1 Å². The third kappa shape index (κ3) is 7.91. The summed E-state index contributed by atoms with van der Waals surface area (Å²) in [6, 6.07) is 6.18. The molecule has 0 saturated carbocycles. The number of alkyl carbamates (subject to hydrolysis) is 1. The lowest BCUT2D eigenvalue weighted by atomic mass is 10.2. The predicted molar refractivity (Wildman–Crippen MR) is 76.3 cm³/mol. The first-order valence-corrected chi connectivity index (χ1v) is 6.44. The summed E-state index contributed by atoms with van der Waals surface area (Å²) in [6.45, 7) is 2.83. The zero-order valence-electron chi connectivity index (χ0n) is 12.2. The molecule has 0 bridgehead atoms. The van der Waals surface area contributed by atoms with Crippen LogP contribution in [0.15, 0.2) is 30.3 Å². The highest BCUT2D eigenvalue weighted by Crippen LogP contribution is 2.15. The third-order valence-corrected chi connectivity index (χ3v) is 2.18. The van der Waals surface area contributed by atoms with Gasteiger partial charge in [0.25, 0.3) is 0 Å². The van der Waals surface area contributed by atoms with E-state index in [1.807, 2.05) is 0 Å². The molecular formula is C15H19F2NO3. The van der Waals surface area contributed by atoms with Crippen molar-refractivity contribution in [3.05, 3.63) is 35.9 Å². The molecule has 6 heteroatoms. The van der Waals surface area contributed by atoms with Crippen LogP contribution >= 0.6 is 0 Å². The molecule has 1 aromatic carbocycles. The second-order valence-electron chi connectivity index (χ2n) is 5.23. The first kappa shape index (κ1) is 16.9. The Hall–Kier alpha value is -2.11. The average Bonchev–Trinajstić information content (AvgIpc) is 2.34. The molecule has 4 nitrogen and oxygen atoms in total. The maximum absolute atomic E-state index is 12.0. The summed E-state index contributed by atoms with van der Waals surface area (Å²) in [6.07, 6.45) is 2.99. The smallest absolute Gasteiger partial charge is 0.407 e. The Labute approximate surface area is 122 Å². The number of hydrogen-bond acceptors (Lipinski definition) is 3. The molecule has 0 atom stereocenters. The summed E-state index contributed by atoms with van der Waals surface area (Å²) in [4.78, 5) is 11.4. The highest BCUT2D eigenvalue weighted by molar-refractivity contribution is 5.68. The molecule has 1 amide bonds. The quantitative estimate of drug-likeness (QED) is 0.899. The Bertz CT molecular complexity index is 479. The third-order valence-electron chi connectivity index (χ3n) is 2.18. The van der Waals surface area contributed by atoms with E-state index in [9.17, 15) is 13.6 Å². The van der Waals surface area contributed by atoms with Crippen LogP contribution in [0, 0.1) is 0 Å². The molecule has 0 spiro atoms. The number of alkyl halides is 2. The zero-order chi connectivity index (χ0) is 15.9. The molecule has 0 radical (unpaired) electrons. The van der Waals surface area contributed by atoms with Crippen molar-refractivity contribution in [1.29, 1.82) is 0 Å². The van der Waals surface area contributed by atoms with Crippen LogP contribution in [0.2, 0.25) is 0 Å². The lowest BCUT2D eigenvalue weighted by Crippen LogP contribution is -2.32. The van der Waals surface area contributed by atoms with Crippen molar-refractivity contribution in [2.45, 2.75) is 33.0 Å². The molecule has 0 aliphatic carbocycles. The Balaban J connectivity index is 2.38. The molecule has 0 saturated heterocycles. The normalized spacial score (nSPS) is 11.7. The van der Waals surface area contributed by atoms with Gasteiger partial charge in [0.2, 0.25) is 0 Å². The highest BCUT2D eigenvalue weighted by Gasteiger charge is 2.14. The monoisotopic (exact) mass is 299 g/mol. The number of rotatable bonds is 5. The molecule has 0 aromatic heterocycles. The fourth-order valence-electron chi connectivity index (χ4n) is 1.41. The highest BCUT2D eigenvalue weighted by atomic mass is 19.3. The lowest BCUT2D eigenvalue weighted by molar-refractivity contribution is -0.0498. The van der Waals surface area contributed by atoms with Crippen LogP contribution in [0.1, 0.15) is 26.3 Å². The van der Waals surface area contributed by atoms with E-state index in [1.54, 1.807) is 45.1 Å². The van der Waals surface area contributed by atoms with Gasteiger partial charge in [0, 0.05) is 6.54 Å². The number of benzene rings is 1. The number of carbonyl (C=O) groups excluding carboxylic acids is 1. The lowest BCUT2D eigenvalue weighted by Gasteiger charge is -2.19. The van der Waals surface area contributed by atoms with Crippen LogP contribution in [0.4, 0.5) is 13.6 Å². The standard InChI is InChI=1S/C15H19F2NO3/c1-15(2,3)21-14(19)18-10-4-5-11-6-8-12(9-7-11)20-13(16)17/h4-9,13H,10H2,1-3H3,(H,18,19). The van der Waals surface area contributed by atoms with E-state index in [2.05, 4.69) is 10.1 Å². The molecule has 1 rings (SSSR count). The molecule has 21 heavy (non-hydrogen) atoms. The molecule has 0 aliphatic heterocycles. The number of hydrogen-bond donors (Lipinski definition) is 1. The van der Waals surface area contributed by atoms with E-state index in [0.717, 1.165) is 5.56 Å². The summed E-state index contributed by atoms with van der Waals surface area (Å²) in [5, 5.41) is 2.58. The number of amides is 1. The van der Waals surface area contributed by atoms with Crippen molar-refractivity contribution in [2.24, 2.45) is 0 Å². The van der Waals surface area contributed by atoms with Crippen molar-refractivity contribution in [3.8, 4) is 5.75 Å². The van der Waals surface area contributed by atoms with Crippen LogP contribution in [0.25, 0.3) is 6.08 Å². The fourth-order valence-corrected chi connectivity index (χ4v) is 1.41. The molecule has 116 valence electrons. The number of carbonyl (C=O) groups is 1. The van der Waals surface area contributed by atoms with Gasteiger partial charge in [0.05, 0.1) is 0 Å². The van der Waals surface area contributed by atoms with Gasteiger partial charge in [-0.2, -0.15) is 8.78 Å². The Morgan fingerprint density at radius 3 is 2.43 bits per heavy atom. The van der Waals surface area contributed by atoms with Gasteiger partial charge >= 0.3 is 12.7 Å². The Kier molecular flexibility index (Phi) is 6.14. The van der Waals surface area contributed by atoms with Crippen molar-refractivity contribution < 1.29 is 23.0 Å². The van der Waals surface area contributed by atoms with Gasteiger partial charge in [0.1, 0.15) is 11.4 Å². The van der Waals surface area contributed by atoms with E-state index in [4.69, 9.17) is 4.74 Å². The number of nitrogens with one attached hydrogen (secondary N) is 1. The van der Waals surface area contributed by atoms with Gasteiger partial charge in [-0.05, 0) is 38.5 Å². The second-order valence-corrected chi connectivity index (χ2v) is 5.23. The summed E-state index contributed by atoms with van der Waals surface area (Å²) >= 11 is 0. The van der Waals surface area contributed by atoms with E-state index in [0.29, 0.717) is 6.54 Å².